The van der Waals surface area contributed by atoms with Gasteiger partial charge in [0.25, 0.3) is 17.7 Å². The molecule has 0 spiro atoms. The number of aromatic amines is 1. The SMILES string of the molecule is CC(C)(O/N=C(\C(=O)N[C@@H]1C(=O)N2C(c3nnn[nH]3)=C(C[N@+]34CCC[C@H]3CN(C(=O)c3cc(O)c(O)c(Cl)c3)CC4)CS[C@H]12)c1nsc(N)n1)C(=O)O. The van der Waals surface area contributed by atoms with Crippen LogP contribution in [0.4, 0.5) is 5.13 Å². The number of phenolic OH excluding ortho intramolecular Hbond substituents is 2. The number of fused-ring (bicyclic) bond motifs is 2. The van der Waals surface area contributed by atoms with Crippen LogP contribution in [0.3, 0.4) is 0 Å². The first-order chi connectivity index (χ1) is 25.2. The predicted molar refractivity (Wildman–Crippen MR) is 188 cm³/mol. The number of nitrogens with two attached hydrogens (primary N) is 1. The van der Waals surface area contributed by atoms with Crippen LogP contribution in [0.1, 0.15) is 48.7 Å². The second kappa shape index (κ2) is 13.7. The minimum absolute atomic E-state index is 0.0388. The Labute approximate surface area is 313 Å². The summed E-state index contributed by atoms with van der Waals surface area (Å²) in [6.45, 7) is 5.48. The van der Waals surface area contributed by atoms with Crippen LogP contribution in [0.5, 0.6) is 11.5 Å². The molecule has 6 heterocycles. The van der Waals surface area contributed by atoms with Gasteiger partial charge in [-0.1, -0.05) is 16.8 Å². The first-order valence-electron chi connectivity index (χ1n) is 16.4. The predicted octanol–water partition coefficient (Wildman–Crippen LogP) is 0.228. The number of benzene rings is 1. The van der Waals surface area contributed by atoms with E-state index < -0.39 is 52.0 Å². The topological polar surface area (TPSA) is 275 Å². The summed E-state index contributed by atoms with van der Waals surface area (Å²) in [5, 5.41) is 49.6. The van der Waals surface area contributed by atoms with Gasteiger partial charge in [-0.05, 0) is 36.4 Å². The molecule has 3 aromatic rings. The molecule has 0 aliphatic carbocycles. The Morgan fingerprint density at radius 1 is 1.26 bits per heavy atom. The molecular formula is C30H34ClN12O8S2+. The second-order valence-electron chi connectivity index (χ2n) is 13.6. The fourth-order valence-corrected chi connectivity index (χ4v) is 9.06. The van der Waals surface area contributed by atoms with Gasteiger partial charge < -0.3 is 40.6 Å². The number of oxime groups is 1. The average molecular weight is 790 g/mol. The molecular weight excluding hydrogens is 756 g/mol. The number of aromatic nitrogens is 6. The van der Waals surface area contributed by atoms with Crippen molar-refractivity contribution < 1.29 is 43.8 Å². The summed E-state index contributed by atoms with van der Waals surface area (Å²) >= 11 is 8.29. The van der Waals surface area contributed by atoms with Crippen molar-refractivity contribution in [3.63, 3.8) is 0 Å². The highest BCUT2D eigenvalue weighted by Gasteiger charge is 2.56. The van der Waals surface area contributed by atoms with Crippen molar-refractivity contribution in [1.82, 2.24) is 45.1 Å². The Kier molecular flexibility index (Phi) is 9.41. The lowest BCUT2D eigenvalue weighted by Crippen LogP contribution is -2.70. The highest BCUT2D eigenvalue weighted by molar-refractivity contribution is 8.00. The molecule has 0 saturated carbocycles. The van der Waals surface area contributed by atoms with E-state index in [-0.39, 0.29) is 33.5 Å². The average Bonchev–Trinajstić information content (AvgIpc) is 3.90. The first kappa shape index (κ1) is 36.3. The molecule has 20 nitrogen and oxygen atoms in total. The number of nitrogens with one attached hydrogen (secondary N) is 2. The zero-order valence-electron chi connectivity index (χ0n) is 28.2. The number of carbonyl (C=O) groups excluding carboxylic acids is 3. The van der Waals surface area contributed by atoms with Crippen LogP contribution in [0, 0.1) is 0 Å². The molecule has 280 valence electrons. The van der Waals surface area contributed by atoms with Gasteiger partial charge in [-0.2, -0.15) is 9.36 Å². The molecule has 0 unspecified atom stereocenters. The highest BCUT2D eigenvalue weighted by atomic mass is 35.5. The highest BCUT2D eigenvalue weighted by Crippen LogP contribution is 2.45. The number of aliphatic carboxylic acids is 1. The van der Waals surface area contributed by atoms with Crippen molar-refractivity contribution in [2.75, 3.05) is 44.2 Å². The van der Waals surface area contributed by atoms with Crippen LogP contribution in [0.25, 0.3) is 5.70 Å². The Balaban J connectivity index is 1.11. The number of amides is 3. The van der Waals surface area contributed by atoms with E-state index in [0.29, 0.717) is 47.9 Å². The maximum atomic E-state index is 13.9. The Morgan fingerprint density at radius 3 is 2.74 bits per heavy atom. The van der Waals surface area contributed by atoms with E-state index in [4.69, 9.17) is 22.2 Å². The molecule has 23 heteroatoms. The molecule has 4 aliphatic rings. The number of nitrogens with zero attached hydrogens (tertiary/aromatic N) is 9. The van der Waals surface area contributed by atoms with Crippen LogP contribution >= 0.6 is 34.9 Å². The van der Waals surface area contributed by atoms with E-state index in [2.05, 4.69) is 40.5 Å². The van der Waals surface area contributed by atoms with Crippen molar-refractivity contribution in [3.05, 3.63) is 39.9 Å². The second-order valence-corrected chi connectivity index (χ2v) is 15.9. The van der Waals surface area contributed by atoms with Crippen LogP contribution in [-0.2, 0) is 19.2 Å². The summed E-state index contributed by atoms with van der Waals surface area (Å²) in [6.07, 6.45) is 1.81. The Morgan fingerprint density at radius 2 is 2.06 bits per heavy atom. The number of nitrogen functional groups attached to an aromatic ring is 1. The molecule has 53 heavy (non-hydrogen) atoms. The Hall–Kier alpha value is -5.06. The van der Waals surface area contributed by atoms with Gasteiger partial charge in [0.15, 0.2) is 22.5 Å². The third-order valence-electron chi connectivity index (χ3n) is 9.90. The minimum atomic E-state index is -1.79. The number of carboxylic acids is 1. The lowest BCUT2D eigenvalue weighted by Gasteiger charge is -2.52. The summed E-state index contributed by atoms with van der Waals surface area (Å²) in [7, 11) is 0. The van der Waals surface area contributed by atoms with Crippen molar-refractivity contribution in [1.29, 1.82) is 0 Å². The number of rotatable bonds is 10. The fraction of sp³-hybridized carbons (Fsp3) is 0.467. The van der Waals surface area contributed by atoms with Crippen LogP contribution < -0.4 is 11.1 Å². The molecule has 4 aliphatic heterocycles. The van der Waals surface area contributed by atoms with E-state index >= 15 is 0 Å². The van der Waals surface area contributed by atoms with Gasteiger partial charge in [-0.3, -0.25) is 19.3 Å². The van der Waals surface area contributed by atoms with Crippen LogP contribution in [0.15, 0.2) is 22.9 Å². The zero-order chi connectivity index (χ0) is 37.8. The molecule has 4 atom stereocenters. The quantitative estimate of drug-likeness (QED) is 0.0527. The molecule has 0 bridgehead atoms. The van der Waals surface area contributed by atoms with E-state index in [1.54, 1.807) is 9.80 Å². The molecule has 3 fully saturated rings. The zero-order valence-corrected chi connectivity index (χ0v) is 30.6. The lowest BCUT2D eigenvalue weighted by atomic mass is 10.00. The van der Waals surface area contributed by atoms with Crippen molar-refractivity contribution in [2.45, 2.75) is 49.7 Å². The number of phenols is 2. The number of H-pyrrole nitrogens is 1. The normalized spacial score (nSPS) is 24.4. The first-order valence-corrected chi connectivity index (χ1v) is 18.6. The largest absolute Gasteiger partial charge is 0.504 e. The number of halogens is 1. The summed E-state index contributed by atoms with van der Waals surface area (Å²) in [4.78, 5) is 65.0. The van der Waals surface area contributed by atoms with E-state index in [1.807, 2.05) is 0 Å². The minimum Gasteiger partial charge on any atom is -0.504 e. The molecule has 3 amide bonds. The van der Waals surface area contributed by atoms with Crippen molar-refractivity contribution in [2.24, 2.45) is 5.16 Å². The number of anilines is 1. The molecule has 1 aromatic carbocycles. The molecule has 0 radical (unpaired) electrons. The standard InChI is InChI=1S/C30H33ClN12O8S2/c1-30(2,28(49)50)51-37-18(22-34-29(32)53-38-22)24(46)33-19-26(48)42-20(23-35-39-40-36-23)14(12-52-27(19)42)11-43-6-3-4-15(43)10-41(5-7-43)25(47)13-8-16(31)21(45)17(44)9-13/h8-9,15,19,27H,3-7,10-12H2,1-2H3,(H6-,32,33,34,35,36,37,38,39,40,44,45,46,47,49,50)/p+1/t15-,19+,27+,43+/m0/s1. The smallest absolute Gasteiger partial charge is 0.350 e. The third kappa shape index (κ3) is 6.59. The van der Waals surface area contributed by atoms with Crippen molar-refractivity contribution >= 4 is 75.1 Å². The van der Waals surface area contributed by atoms with Gasteiger partial charge in [-0.15, -0.1) is 16.9 Å². The third-order valence-corrected chi connectivity index (χ3v) is 12.1. The van der Waals surface area contributed by atoms with Gasteiger partial charge in [0.1, 0.15) is 24.0 Å². The number of carbonyl (C=O) groups is 4. The lowest BCUT2D eigenvalue weighted by molar-refractivity contribution is -0.938. The van der Waals surface area contributed by atoms with Gasteiger partial charge in [-0.25, -0.2) is 9.89 Å². The number of quaternary nitrogens is 1. The monoisotopic (exact) mass is 789 g/mol. The number of thioether (sulfide) groups is 1. The number of tetrazole rings is 1. The number of β-lactam (4-membered cyclic amide) rings is 1. The Bertz CT molecular complexity index is 2040. The summed E-state index contributed by atoms with van der Waals surface area (Å²) < 4.78 is 4.71. The van der Waals surface area contributed by atoms with Crippen LogP contribution in [-0.4, -0.2) is 151 Å². The van der Waals surface area contributed by atoms with Gasteiger partial charge in [0.05, 0.1) is 36.9 Å². The van der Waals surface area contributed by atoms with Gasteiger partial charge >= 0.3 is 5.97 Å². The van der Waals surface area contributed by atoms with Crippen LogP contribution in [0.2, 0.25) is 5.02 Å². The molecule has 2 aromatic heterocycles. The molecule has 7 rings (SSSR count). The fourth-order valence-electron chi connectivity index (χ4n) is 7.08. The van der Waals surface area contributed by atoms with Gasteiger partial charge in [0, 0.05) is 41.3 Å². The van der Waals surface area contributed by atoms with E-state index in [1.165, 1.54) is 37.7 Å². The number of hydrogen-bond donors (Lipinski definition) is 6. The summed E-state index contributed by atoms with van der Waals surface area (Å²) in [6, 6.07) is 1.65. The molecule has 3 saturated heterocycles. The number of aromatic hydroxyl groups is 2. The van der Waals surface area contributed by atoms with Crippen molar-refractivity contribution in [3.8, 4) is 11.5 Å². The number of carboxylic acid groups (broad SMARTS) is 1. The number of hydrogen-bond acceptors (Lipinski definition) is 16. The molecule has 7 N–H and O–H groups in total. The summed E-state index contributed by atoms with van der Waals surface area (Å²) in [5.74, 6) is -3.28. The summed E-state index contributed by atoms with van der Waals surface area (Å²) in [5.41, 5.74) is 5.12. The van der Waals surface area contributed by atoms with E-state index in [9.17, 15) is 34.5 Å². The van der Waals surface area contributed by atoms with Gasteiger partial charge in [0.2, 0.25) is 17.1 Å². The number of piperazine rings is 1. The maximum Gasteiger partial charge on any atom is 0.350 e. The maximum absolute atomic E-state index is 13.9. The van der Waals surface area contributed by atoms with E-state index in [0.717, 1.165) is 36.5 Å².